The summed E-state index contributed by atoms with van der Waals surface area (Å²) >= 11 is 10.6. The van der Waals surface area contributed by atoms with Gasteiger partial charge in [-0.2, -0.15) is 0 Å². The number of ether oxygens (including phenoxy) is 1. The van der Waals surface area contributed by atoms with Crippen LogP contribution in [0.25, 0.3) is 0 Å². The molecular weight excluding hydrogens is 379 g/mol. The molecule has 94 valence electrons. The summed E-state index contributed by atoms with van der Waals surface area (Å²) in [5.41, 5.74) is 3.61. The molecule has 0 radical (unpaired) electrons. The molecule has 0 saturated carbocycles. The zero-order chi connectivity index (χ0) is 12.7. The standard InChI is InChI=1S/C14H12ClIOS/c1-8-4-10-5-9(2-3-12(10)17-8)14(15)11-6-13(16)18-7-11/h2-3,5-8,14H,4H2,1H3. The minimum absolute atomic E-state index is 0.0639. The van der Waals surface area contributed by atoms with Gasteiger partial charge in [-0.3, -0.25) is 0 Å². The van der Waals surface area contributed by atoms with E-state index < -0.39 is 0 Å². The summed E-state index contributed by atoms with van der Waals surface area (Å²) in [6, 6.07) is 8.44. The highest BCUT2D eigenvalue weighted by atomic mass is 127. The predicted molar refractivity (Wildman–Crippen MR) is 85.0 cm³/mol. The van der Waals surface area contributed by atoms with E-state index in [1.807, 2.05) is 6.07 Å². The van der Waals surface area contributed by atoms with Crippen molar-refractivity contribution in [2.45, 2.75) is 24.8 Å². The molecule has 1 aromatic carbocycles. The van der Waals surface area contributed by atoms with Gasteiger partial charge in [-0.05, 0) is 63.7 Å². The number of hydrogen-bond acceptors (Lipinski definition) is 2. The second-order valence-corrected chi connectivity index (χ2v) is 7.79. The number of rotatable bonds is 2. The van der Waals surface area contributed by atoms with Crippen molar-refractivity contribution in [1.29, 1.82) is 0 Å². The Morgan fingerprint density at radius 3 is 2.94 bits per heavy atom. The van der Waals surface area contributed by atoms with E-state index in [-0.39, 0.29) is 11.5 Å². The van der Waals surface area contributed by atoms with Crippen LogP contribution in [0.1, 0.15) is 29.0 Å². The Morgan fingerprint density at radius 2 is 2.22 bits per heavy atom. The van der Waals surface area contributed by atoms with E-state index in [0.717, 1.165) is 17.7 Å². The molecule has 2 unspecified atom stereocenters. The summed E-state index contributed by atoms with van der Waals surface area (Å²) in [6.07, 6.45) is 1.26. The maximum atomic E-state index is 6.55. The molecule has 0 bridgehead atoms. The van der Waals surface area contributed by atoms with Crippen LogP contribution >= 0.6 is 45.5 Å². The molecule has 0 fully saturated rings. The fraction of sp³-hybridized carbons (Fsp3) is 0.286. The van der Waals surface area contributed by atoms with Gasteiger partial charge in [0.05, 0.1) is 8.26 Å². The molecule has 1 aliphatic heterocycles. The summed E-state index contributed by atoms with van der Waals surface area (Å²) in [5.74, 6) is 1.01. The molecule has 2 heterocycles. The lowest BCUT2D eigenvalue weighted by molar-refractivity contribution is 0.254. The highest BCUT2D eigenvalue weighted by Gasteiger charge is 2.21. The number of benzene rings is 1. The summed E-state index contributed by atoms with van der Waals surface area (Å²) in [6.45, 7) is 2.10. The smallest absolute Gasteiger partial charge is 0.123 e. The van der Waals surface area contributed by atoms with E-state index in [0.29, 0.717) is 0 Å². The zero-order valence-corrected chi connectivity index (χ0v) is 13.6. The maximum Gasteiger partial charge on any atom is 0.123 e. The third-order valence-electron chi connectivity index (χ3n) is 3.09. The number of hydrogen-bond donors (Lipinski definition) is 0. The molecule has 3 rings (SSSR count). The van der Waals surface area contributed by atoms with Crippen molar-refractivity contribution in [3.05, 3.63) is 49.2 Å². The lowest BCUT2D eigenvalue weighted by Crippen LogP contribution is -2.05. The highest BCUT2D eigenvalue weighted by Crippen LogP contribution is 2.36. The molecule has 18 heavy (non-hydrogen) atoms. The molecule has 0 aliphatic carbocycles. The second kappa shape index (κ2) is 5.02. The van der Waals surface area contributed by atoms with Gasteiger partial charge < -0.3 is 4.74 Å². The van der Waals surface area contributed by atoms with Crippen LogP contribution < -0.4 is 4.74 Å². The first-order chi connectivity index (χ1) is 8.63. The number of thiophene rings is 1. The molecule has 0 N–H and O–H groups in total. The molecule has 2 aromatic rings. The van der Waals surface area contributed by atoms with Crippen molar-refractivity contribution < 1.29 is 4.74 Å². The second-order valence-electron chi connectivity index (χ2n) is 4.55. The Morgan fingerprint density at radius 1 is 1.39 bits per heavy atom. The predicted octanol–water partition coefficient (Wildman–Crippen LogP) is 5.00. The lowest BCUT2D eigenvalue weighted by Gasteiger charge is -2.09. The minimum atomic E-state index is -0.0639. The highest BCUT2D eigenvalue weighted by molar-refractivity contribution is 14.1. The number of fused-ring (bicyclic) bond motifs is 1. The van der Waals surface area contributed by atoms with E-state index in [2.05, 4.69) is 53.1 Å². The van der Waals surface area contributed by atoms with Gasteiger partial charge in [0.15, 0.2) is 0 Å². The Balaban J connectivity index is 1.91. The van der Waals surface area contributed by atoms with Crippen LogP contribution in [0.3, 0.4) is 0 Å². The summed E-state index contributed by atoms with van der Waals surface area (Å²) in [7, 11) is 0. The molecule has 1 nitrogen and oxygen atoms in total. The van der Waals surface area contributed by atoms with Crippen LogP contribution in [-0.4, -0.2) is 6.10 Å². The van der Waals surface area contributed by atoms with E-state index in [9.17, 15) is 0 Å². The lowest BCUT2D eigenvalue weighted by atomic mass is 10.0. The molecule has 2 atom stereocenters. The zero-order valence-electron chi connectivity index (χ0n) is 9.82. The molecular formula is C14H12ClIOS. The molecule has 0 saturated heterocycles. The van der Waals surface area contributed by atoms with E-state index >= 15 is 0 Å². The first-order valence-electron chi connectivity index (χ1n) is 5.81. The van der Waals surface area contributed by atoms with Crippen LogP contribution in [0, 0.1) is 2.88 Å². The van der Waals surface area contributed by atoms with E-state index in [4.69, 9.17) is 16.3 Å². The number of alkyl halides is 1. The first-order valence-corrected chi connectivity index (χ1v) is 8.20. The van der Waals surface area contributed by atoms with E-state index in [1.165, 1.54) is 14.0 Å². The van der Waals surface area contributed by atoms with Gasteiger partial charge in [-0.1, -0.05) is 12.1 Å². The SMILES string of the molecule is CC1Cc2cc(C(Cl)c3csc(I)c3)ccc2O1. The van der Waals surface area contributed by atoms with Crippen LogP contribution in [0.2, 0.25) is 0 Å². The Labute approximate surface area is 129 Å². The van der Waals surface area contributed by atoms with Gasteiger partial charge in [0.25, 0.3) is 0 Å². The normalized spacial score (nSPS) is 19.4. The Bertz CT molecular complexity index is 581. The third kappa shape index (κ3) is 2.40. The summed E-state index contributed by atoms with van der Waals surface area (Å²) in [5, 5.41) is 2.07. The summed E-state index contributed by atoms with van der Waals surface area (Å²) < 4.78 is 6.98. The van der Waals surface area contributed by atoms with Gasteiger partial charge in [0, 0.05) is 6.42 Å². The average Bonchev–Trinajstić information content (AvgIpc) is 2.92. The van der Waals surface area contributed by atoms with Crippen molar-refractivity contribution in [2.24, 2.45) is 0 Å². The molecule has 0 amide bonds. The van der Waals surface area contributed by atoms with E-state index in [1.54, 1.807) is 11.3 Å². The Hall–Kier alpha value is -0.260. The van der Waals surface area contributed by atoms with Crippen molar-refractivity contribution >= 4 is 45.5 Å². The monoisotopic (exact) mass is 390 g/mol. The van der Waals surface area contributed by atoms with Gasteiger partial charge >= 0.3 is 0 Å². The van der Waals surface area contributed by atoms with Gasteiger partial charge in [0.2, 0.25) is 0 Å². The number of halogens is 2. The topological polar surface area (TPSA) is 9.23 Å². The minimum Gasteiger partial charge on any atom is -0.490 e. The van der Waals surface area contributed by atoms with Crippen LogP contribution in [0.15, 0.2) is 29.6 Å². The van der Waals surface area contributed by atoms with Crippen molar-refractivity contribution in [1.82, 2.24) is 0 Å². The fourth-order valence-corrected chi connectivity index (χ4v) is 3.98. The summed E-state index contributed by atoms with van der Waals surface area (Å²) in [4.78, 5) is 0. The van der Waals surface area contributed by atoms with Crippen molar-refractivity contribution in [2.75, 3.05) is 0 Å². The largest absolute Gasteiger partial charge is 0.490 e. The molecule has 1 aromatic heterocycles. The van der Waals surface area contributed by atoms with Crippen LogP contribution in [-0.2, 0) is 6.42 Å². The average molecular weight is 391 g/mol. The quantitative estimate of drug-likeness (QED) is 0.518. The van der Waals surface area contributed by atoms with Crippen molar-refractivity contribution in [3.63, 3.8) is 0 Å². The fourth-order valence-electron chi connectivity index (χ4n) is 2.25. The van der Waals surface area contributed by atoms with Crippen LogP contribution in [0.5, 0.6) is 5.75 Å². The molecule has 4 heteroatoms. The first kappa shape index (κ1) is 12.8. The third-order valence-corrected chi connectivity index (χ3v) is 5.40. The van der Waals surface area contributed by atoms with Crippen LogP contribution in [0.4, 0.5) is 0 Å². The van der Waals surface area contributed by atoms with Gasteiger partial charge in [-0.15, -0.1) is 22.9 Å². The Kier molecular flexibility index (Phi) is 3.56. The molecule has 1 aliphatic rings. The maximum absolute atomic E-state index is 6.55. The van der Waals surface area contributed by atoms with Crippen molar-refractivity contribution in [3.8, 4) is 5.75 Å². The van der Waals surface area contributed by atoms with Gasteiger partial charge in [-0.25, -0.2) is 0 Å². The molecule has 0 spiro atoms. The van der Waals surface area contributed by atoms with Gasteiger partial charge in [0.1, 0.15) is 11.9 Å².